The maximum absolute atomic E-state index is 13.6. The molecule has 172 valence electrons. The van der Waals surface area contributed by atoms with Crippen LogP contribution in [0, 0.1) is 5.92 Å². The Morgan fingerprint density at radius 2 is 1.91 bits per heavy atom. The average molecular weight is 459 g/mol. The first-order valence-electron chi connectivity index (χ1n) is 10.8. The van der Waals surface area contributed by atoms with Gasteiger partial charge in [0.2, 0.25) is 11.6 Å². The Morgan fingerprint density at radius 1 is 1.09 bits per heavy atom. The first kappa shape index (κ1) is 21.5. The van der Waals surface area contributed by atoms with Gasteiger partial charge in [-0.15, -0.1) is 0 Å². The number of carbonyl (C=O) groups is 3. The molecule has 5 rings (SSSR count). The van der Waals surface area contributed by atoms with Gasteiger partial charge in [-0.1, -0.05) is 24.3 Å². The van der Waals surface area contributed by atoms with E-state index >= 15 is 0 Å². The van der Waals surface area contributed by atoms with Crippen LogP contribution in [0.2, 0.25) is 0 Å². The van der Waals surface area contributed by atoms with Crippen LogP contribution >= 0.6 is 0 Å². The summed E-state index contributed by atoms with van der Waals surface area (Å²) in [5.74, 6) is -2.96. The molecule has 2 atom stereocenters. The van der Waals surface area contributed by atoms with Gasteiger partial charge in [0.05, 0.1) is 25.5 Å². The first-order valence-corrected chi connectivity index (χ1v) is 10.8. The minimum absolute atomic E-state index is 0.000934. The molecule has 4 aromatic rings. The molecule has 1 fully saturated rings. The second-order valence-electron chi connectivity index (χ2n) is 7.97. The number of furan rings is 2. The quantitative estimate of drug-likeness (QED) is 0.249. The second-order valence-corrected chi connectivity index (χ2v) is 7.97. The van der Waals surface area contributed by atoms with Crippen molar-refractivity contribution in [1.29, 1.82) is 0 Å². The number of ether oxygens (including phenoxy) is 1. The third kappa shape index (κ3) is 3.63. The molecule has 1 saturated heterocycles. The van der Waals surface area contributed by atoms with Crippen molar-refractivity contribution in [3.8, 4) is 11.5 Å². The smallest absolute Gasteiger partial charge is 0.291 e. The molecule has 0 spiro atoms. The number of carbonyl (C=O) groups excluding carboxylic acids is 3. The van der Waals surface area contributed by atoms with Gasteiger partial charge in [-0.25, -0.2) is 0 Å². The Kier molecular flexibility index (Phi) is 5.41. The Morgan fingerprint density at radius 3 is 2.65 bits per heavy atom. The van der Waals surface area contributed by atoms with Crippen LogP contribution in [-0.2, 0) is 16.1 Å². The molecule has 1 aliphatic heterocycles. The van der Waals surface area contributed by atoms with E-state index in [1.807, 2.05) is 6.07 Å². The Hall–Kier alpha value is -4.33. The summed E-state index contributed by atoms with van der Waals surface area (Å²) in [4.78, 5) is 41.2. The molecule has 1 N–H and O–H groups in total. The van der Waals surface area contributed by atoms with E-state index in [0.717, 1.165) is 5.39 Å². The Bertz CT molecular complexity index is 1350. The van der Waals surface area contributed by atoms with Gasteiger partial charge in [-0.3, -0.25) is 14.4 Å². The monoisotopic (exact) mass is 459 g/mol. The van der Waals surface area contributed by atoms with E-state index in [1.54, 1.807) is 55.5 Å². The summed E-state index contributed by atoms with van der Waals surface area (Å²) >= 11 is 0. The standard InChI is InChI=1S/C26H21NO7/c1-2-32-20-13-16(9-10-18(20)28)23-22(24(29)21-12-15-6-3-4-8-19(15)34-21)25(30)26(31)27(23)14-17-7-5-11-33-17/h3-13,22-23,28H,2,14H2,1H3. The summed E-state index contributed by atoms with van der Waals surface area (Å²) in [5, 5.41) is 10.9. The van der Waals surface area contributed by atoms with Crippen molar-refractivity contribution in [3.05, 3.63) is 84.0 Å². The second kappa shape index (κ2) is 8.55. The molecule has 0 aliphatic carbocycles. The predicted octanol–water partition coefficient (Wildman–Crippen LogP) is 4.28. The number of nitrogens with zero attached hydrogens (tertiary/aromatic N) is 1. The topological polar surface area (TPSA) is 110 Å². The van der Waals surface area contributed by atoms with E-state index in [4.69, 9.17) is 13.6 Å². The Balaban J connectivity index is 1.60. The molecule has 2 unspecified atom stereocenters. The predicted molar refractivity (Wildman–Crippen MR) is 120 cm³/mol. The van der Waals surface area contributed by atoms with Crippen LogP contribution in [0.15, 0.2) is 75.8 Å². The fourth-order valence-electron chi connectivity index (χ4n) is 4.34. The number of hydrogen-bond acceptors (Lipinski definition) is 7. The van der Waals surface area contributed by atoms with Crippen LogP contribution in [0.4, 0.5) is 0 Å². The van der Waals surface area contributed by atoms with Gasteiger partial charge in [0.15, 0.2) is 17.3 Å². The lowest BCUT2D eigenvalue weighted by Crippen LogP contribution is -2.30. The van der Waals surface area contributed by atoms with Crippen LogP contribution in [0.25, 0.3) is 11.0 Å². The molecule has 2 aromatic heterocycles. The van der Waals surface area contributed by atoms with E-state index in [1.165, 1.54) is 17.2 Å². The number of ketones is 2. The normalized spacial score (nSPS) is 18.1. The van der Waals surface area contributed by atoms with Crippen molar-refractivity contribution in [3.63, 3.8) is 0 Å². The van der Waals surface area contributed by atoms with Crippen LogP contribution in [-0.4, -0.2) is 34.1 Å². The number of phenolic OH excluding ortho intramolecular Hbond substituents is 1. The molecule has 0 bridgehead atoms. The van der Waals surface area contributed by atoms with Gasteiger partial charge in [0, 0.05) is 5.39 Å². The third-order valence-corrected chi connectivity index (χ3v) is 5.89. The first-order chi connectivity index (χ1) is 16.5. The minimum atomic E-state index is -1.33. The molecule has 2 aromatic carbocycles. The molecule has 1 amide bonds. The van der Waals surface area contributed by atoms with Crippen LogP contribution in [0.1, 0.15) is 34.8 Å². The van der Waals surface area contributed by atoms with Gasteiger partial charge < -0.3 is 23.6 Å². The molecule has 1 aliphatic rings. The van der Waals surface area contributed by atoms with Crippen molar-refractivity contribution in [2.24, 2.45) is 5.92 Å². The van der Waals surface area contributed by atoms with Crippen molar-refractivity contribution in [1.82, 2.24) is 4.90 Å². The highest BCUT2D eigenvalue weighted by molar-refractivity contribution is 6.43. The molecule has 0 saturated carbocycles. The van der Waals surface area contributed by atoms with E-state index in [-0.39, 0.29) is 23.8 Å². The number of hydrogen-bond donors (Lipinski definition) is 1. The third-order valence-electron chi connectivity index (χ3n) is 5.89. The van der Waals surface area contributed by atoms with Crippen LogP contribution in [0.3, 0.4) is 0 Å². The van der Waals surface area contributed by atoms with Crippen molar-refractivity contribution in [2.45, 2.75) is 19.5 Å². The summed E-state index contributed by atoms with van der Waals surface area (Å²) in [6.07, 6.45) is 1.47. The number of aromatic hydroxyl groups is 1. The molecule has 0 radical (unpaired) electrons. The number of benzene rings is 2. The summed E-state index contributed by atoms with van der Waals surface area (Å²) in [6.45, 7) is 2.07. The molecule has 8 heteroatoms. The lowest BCUT2D eigenvalue weighted by molar-refractivity contribution is -0.141. The van der Waals surface area contributed by atoms with Gasteiger partial charge in [0.1, 0.15) is 17.3 Å². The van der Waals surface area contributed by atoms with E-state index in [9.17, 15) is 19.5 Å². The maximum Gasteiger partial charge on any atom is 0.291 e. The largest absolute Gasteiger partial charge is 0.504 e. The highest BCUT2D eigenvalue weighted by Crippen LogP contribution is 2.42. The van der Waals surface area contributed by atoms with Crippen molar-refractivity contribution >= 4 is 28.4 Å². The molecule has 3 heterocycles. The fourth-order valence-corrected chi connectivity index (χ4v) is 4.34. The van der Waals surface area contributed by atoms with Crippen molar-refractivity contribution < 1.29 is 33.1 Å². The van der Waals surface area contributed by atoms with Gasteiger partial charge in [0.25, 0.3) is 5.91 Å². The molecular formula is C26H21NO7. The number of fused-ring (bicyclic) bond motifs is 1. The highest BCUT2D eigenvalue weighted by Gasteiger charge is 2.52. The van der Waals surface area contributed by atoms with Crippen LogP contribution < -0.4 is 4.74 Å². The lowest BCUT2D eigenvalue weighted by Gasteiger charge is -2.26. The SMILES string of the molecule is CCOc1cc(C2C(C(=O)c3cc4ccccc4o3)C(=O)C(=O)N2Cc2ccco2)ccc1O. The van der Waals surface area contributed by atoms with E-state index in [0.29, 0.717) is 23.5 Å². The molecule has 34 heavy (non-hydrogen) atoms. The summed E-state index contributed by atoms with van der Waals surface area (Å²) in [5.41, 5.74) is 0.983. The number of Topliss-reactive ketones (excluding diaryl/α,β-unsaturated/α-hetero) is 2. The number of likely N-dealkylation sites (tertiary alicyclic amines) is 1. The number of amides is 1. The van der Waals surface area contributed by atoms with Crippen LogP contribution in [0.5, 0.6) is 11.5 Å². The zero-order valence-corrected chi connectivity index (χ0v) is 18.3. The molecular weight excluding hydrogens is 438 g/mol. The highest BCUT2D eigenvalue weighted by atomic mass is 16.5. The number of para-hydroxylation sites is 1. The zero-order chi connectivity index (χ0) is 23.8. The maximum atomic E-state index is 13.6. The fraction of sp³-hybridized carbons (Fsp3) is 0.192. The van der Waals surface area contributed by atoms with Crippen molar-refractivity contribution in [2.75, 3.05) is 6.61 Å². The molecule has 8 nitrogen and oxygen atoms in total. The average Bonchev–Trinajstić information content (AvgIpc) is 3.56. The lowest BCUT2D eigenvalue weighted by atomic mass is 9.88. The minimum Gasteiger partial charge on any atom is -0.504 e. The zero-order valence-electron chi connectivity index (χ0n) is 18.3. The van der Waals surface area contributed by atoms with E-state index < -0.39 is 29.4 Å². The van der Waals surface area contributed by atoms with Gasteiger partial charge in [-0.05, 0) is 48.9 Å². The number of rotatable bonds is 7. The summed E-state index contributed by atoms with van der Waals surface area (Å²) in [7, 11) is 0. The van der Waals surface area contributed by atoms with Gasteiger partial charge in [-0.2, -0.15) is 0 Å². The summed E-state index contributed by atoms with van der Waals surface area (Å²) in [6, 6.07) is 15.7. The number of phenols is 1. The Labute approximate surface area is 194 Å². The van der Waals surface area contributed by atoms with Gasteiger partial charge >= 0.3 is 0 Å². The van der Waals surface area contributed by atoms with E-state index in [2.05, 4.69) is 0 Å². The summed E-state index contributed by atoms with van der Waals surface area (Å²) < 4.78 is 16.6.